The smallest absolute Gasteiger partial charge is 0.179 e. The second-order valence-corrected chi connectivity index (χ2v) is 5.20. The van der Waals surface area contributed by atoms with E-state index in [1.54, 1.807) is 18.2 Å². The van der Waals surface area contributed by atoms with Gasteiger partial charge in [-0.25, -0.2) is 4.39 Å². The van der Waals surface area contributed by atoms with Gasteiger partial charge in [0.05, 0.1) is 12.1 Å². The molecule has 1 aliphatic rings. The van der Waals surface area contributed by atoms with Crippen molar-refractivity contribution in [3.63, 3.8) is 0 Å². The van der Waals surface area contributed by atoms with E-state index in [4.69, 9.17) is 0 Å². The second-order valence-electron chi connectivity index (χ2n) is 5.20. The third kappa shape index (κ3) is 2.78. The lowest BCUT2D eigenvalue weighted by atomic mass is 9.96. The van der Waals surface area contributed by atoms with E-state index in [1.165, 1.54) is 12.5 Å². The van der Waals surface area contributed by atoms with E-state index >= 15 is 0 Å². The number of ketones is 1. The van der Waals surface area contributed by atoms with Crippen LogP contribution in [0.25, 0.3) is 0 Å². The molecule has 1 saturated heterocycles. The molecule has 2 atom stereocenters. The van der Waals surface area contributed by atoms with Gasteiger partial charge in [-0.05, 0) is 38.8 Å². The first-order chi connectivity index (χ1) is 8.59. The Bertz CT molecular complexity index is 422. The molecule has 0 amide bonds. The summed E-state index contributed by atoms with van der Waals surface area (Å²) in [5.74, 6) is -0.534. The first-order valence-corrected chi connectivity index (χ1v) is 6.63. The first-order valence-electron chi connectivity index (χ1n) is 6.63. The summed E-state index contributed by atoms with van der Waals surface area (Å²) >= 11 is 0. The van der Waals surface area contributed by atoms with Crippen molar-refractivity contribution in [3.8, 4) is 0 Å². The van der Waals surface area contributed by atoms with E-state index in [0.29, 0.717) is 18.6 Å². The lowest BCUT2D eigenvalue weighted by molar-refractivity contribution is 0.0731. The zero-order valence-corrected chi connectivity index (χ0v) is 11.0. The Kier molecular flexibility index (Phi) is 4.12. The number of likely N-dealkylation sites (tertiary alicyclic amines) is 1. The van der Waals surface area contributed by atoms with E-state index in [9.17, 15) is 9.18 Å². The average Bonchev–Trinajstić information content (AvgIpc) is 2.34. The van der Waals surface area contributed by atoms with Crippen LogP contribution >= 0.6 is 0 Å². The van der Waals surface area contributed by atoms with Gasteiger partial charge in [0.2, 0.25) is 0 Å². The monoisotopic (exact) mass is 249 g/mol. The average molecular weight is 249 g/mol. The van der Waals surface area contributed by atoms with Crippen LogP contribution in [0.15, 0.2) is 24.3 Å². The molecule has 18 heavy (non-hydrogen) atoms. The summed E-state index contributed by atoms with van der Waals surface area (Å²) < 4.78 is 13.5. The van der Waals surface area contributed by atoms with Crippen LogP contribution in [-0.2, 0) is 0 Å². The molecule has 98 valence electrons. The Hall–Kier alpha value is -1.22. The van der Waals surface area contributed by atoms with Gasteiger partial charge in [-0.2, -0.15) is 0 Å². The van der Waals surface area contributed by atoms with Crippen LogP contribution in [0.5, 0.6) is 0 Å². The van der Waals surface area contributed by atoms with E-state index in [-0.39, 0.29) is 11.3 Å². The van der Waals surface area contributed by atoms with Crippen molar-refractivity contribution in [3.05, 3.63) is 35.6 Å². The van der Waals surface area contributed by atoms with Crippen molar-refractivity contribution in [2.75, 3.05) is 6.54 Å². The molecule has 2 rings (SSSR count). The van der Waals surface area contributed by atoms with E-state index in [1.807, 2.05) is 0 Å². The van der Waals surface area contributed by atoms with Gasteiger partial charge >= 0.3 is 0 Å². The Morgan fingerprint density at radius 3 is 2.50 bits per heavy atom. The van der Waals surface area contributed by atoms with Crippen LogP contribution in [-0.4, -0.2) is 29.3 Å². The first kappa shape index (κ1) is 13.2. The number of hydrogen-bond acceptors (Lipinski definition) is 2. The van der Waals surface area contributed by atoms with Crippen LogP contribution in [0.2, 0.25) is 0 Å². The topological polar surface area (TPSA) is 20.3 Å². The predicted octanol–water partition coefficient (Wildman–Crippen LogP) is 3.27. The normalized spacial score (nSPS) is 25.1. The number of hydrogen-bond donors (Lipinski definition) is 0. The summed E-state index contributed by atoms with van der Waals surface area (Å²) in [6.07, 6.45) is 3.45. The molecule has 1 aromatic carbocycles. The highest BCUT2D eigenvalue weighted by Crippen LogP contribution is 2.22. The molecule has 0 aromatic heterocycles. The summed E-state index contributed by atoms with van der Waals surface area (Å²) in [6, 6.07) is 7.04. The Morgan fingerprint density at radius 2 is 1.89 bits per heavy atom. The highest BCUT2D eigenvalue weighted by Gasteiger charge is 2.27. The zero-order valence-electron chi connectivity index (χ0n) is 11.0. The van der Waals surface area contributed by atoms with Gasteiger partial charge in [-0.1, -0.05) is 18.6 Å². The second kappa shape index (κ2) is 5.61. The van der Waals surface area contributed by atoms with Crippen molar-refractivity contribution in [2.24, 2.45) is 0 Å². The molecule has 1 aromatic rings. The maximum absolute atomic E-state index is 13.5. The quantitative estimate of drug-likeness (QED) is 0.766. The van der Waals surface area contributed by atoms with Crippen LogP contribution in [0.3, 0.4) is 0 Å². The van der Waals surface area contributed by atoms with Gasteiger partial charge in [-0.3, -0.25) is 9.69 Å². The highest BCUT2D eigenvalue weighted by molar-refractivity contribution is 5.97. The fourth-order valence-electron chi connectivity index (χ4n) is 2.72. The standard InChI is InChI=1S/C15H20FNO/c1-11-6-5-7-12(2)17(11)10-15(18)13-8-3-4-9-14(13)16/h3-4,8-9,11-12H,5-7,10H2,1-2H3. The van der Waals surface area contributed by atoms with E-state index in [2.05, 4.69) is 18.7 Å². The lowest BCUT2D eigenvalue weighted by Gasteiger charge is -2.38. The van der Waals surface area contributed by atoms with Crippen LogP contribution < -0.4 is 0 Å². The molecule has 0 radical (unpaired) electrons. The Morgan fingerprint density at radius 1 is 1.28 bits per heavy atom. The molecular weight excluding hydrogens is 229 g/mol. The Labute approximate surface area is 108 Å². The maximum Gasteiger partial charge on any atom is 0.179 e. The van der Waals surface area contributed by atoms with Crippen LogP contribution in [0.4, 0.5) is 4.39 Å². The molecule has 0 N–H and O–H groups in total. The molecule has 0 aliphatic carbocycles. The molecule has 2 unspecified atom stereocenters. The molecular formula is C15H20FNO. The fourth-order valence-corrected chi connectivity index (χ4v) is 2.72. The summed E-state index contributed by atoms with van der Waals surface area (Å²) in [6.45, 7) is 4.61. The van der Waals surface area contributed by atoms with Gasteiger partial charge in [0.25, 0.3) is 0 Å². The molecule has 1 heterocycles. The summed E-state index contributed by atoms with van der Waals surface area (Å²) in [4.78, 5) is 14.3. The Balaban J connectivity index is 2.09. The van der Waals surface area contributed by atoms with E-state index in [0.717, 1.165) is 12.8 Å². The van der Waals surface area contributed by atoms with Crippen molar-refractivity contribution in [2.45, 2.75) is 45.2 Å². The lowest BCUT2D eigenvalue weighted by Crippen LogP contribution is -2.46. The summed E-state index contributed by atoms with van der Waals surface area (Å²) in [7, 11) is 0. The summed E-state index contributed by atoms with van der Waals surface area (Å²) in [5, 5.41) is 0. The number of Topliss-reactive ketones (excluding diaryl/α,β-unsaturated/α-hetero) is 1. The zero-order chi connectivity index (χ0) is 13.1. The third-order valence-electron chi connectivity index (χ3n) is 3.88. The van der Waals surface area contributed by atoms with Crippen molar-refractivity contribution in [1.29, 1.82) is 0 Å². The number of piperidine rings is 1. The minimum Gasteiger partial charge on any atom is -0.293 e. The SMILES string of the molecule is CC1CCCC(C)N1CC(=O)c1ccccc1F. The molecule has 0 saturated carbocycles. The number of carbonyl (C=O) groups is 1. The summed E-state index contributed by atoms with van der Waals surface area (Å²) in [5.41, 5.74) is 0.211. The molecule has 2 nitrogen and oxygen atoms in total. The molecule has 0 spiro atoms. The van der Waals surface area contributed by atoms with Gasteiger partial charge in [0.15, 0.2) is 5.78 Å². The third-order valence-corrected chi connectivity index (χ3v) is 3.88. The number of carbonyl (C=O) groups excluding carboxylic acids is 1. The van der Waals surface area contributed by atoms with Crippen molar-refractivity contribution < 1.29 is 9.18 Å². The van der Waals surface area contributed by atoms with Crippen molar-refractivity contribution >= 4 is 5.78 Å². The van der Waals surface area contributed by atoms with Gasteiger partial charge in [0, 0.05) is 12.1 Å². The number of benzene rings is 1. The minimum atomic E-state index is -0.417. The predicted molar refractivity (Wildman–Crippen MR) is 70.2 cm³/mol. The van der Waals surface area contributed by atoms with Crippen LogP contribution in [0, 0.1) is 5.82 Å². The number of rotatable bonds is 3. The van der Waals surface area contributed by atoms with Gasteiger partial charge in [0.1, 0.15) is 5.82 Å². The number of nitrogens with zero attached hydrogens (tertiary/aromatic N) is 1. The maximum atomic E-state index is 13.5. The molecule has 1 fully saturated rings. The van der Waals surface area contributed by atoms with Gasteiger partial charge < -0.3 is 0 Å². The number of halogens is 1. The molecule has 0 bridgehead atoms. The molecule has 3 heteroatoms. The van der Waals surface area contributed by atoms with Gasteiger partial charge in [-0.15, -0.1) is 0 Å². The largest absolute Gasteiger partial charge is 0.293 e. The highest BCUT2D eigenvalue weighted by atomic mass is 19.1. The minimum absolute atomic E-state index is 0.117. The van der Waals surface area contributed by atoms with E-state index < -0.39 is 5.82 Å². The molecule has 1 aliphatic heterocycles. The fraction of sp³-hybridized carbons (Fsp3) is 0.533. The van der Waals surface area contributed by atoms with Crippen LogP contribution in [0.1, 0.15) is 43.5 Å². The van der Waals surface area contributed by atoms with Crippen molar-refractivity contribution in [1.82, 2.24) is 4.90 Å².